The minimum absolute atomic E-state index is 0.0652. The Morgan fingerprint density at radius 2 is 1.17 bits per heavy atom. The highest BCUT2D eigenvalue weighted by Crippen LogP contribution is 2.32. The zero-order valence-corrected chi connectivity index (χ0v) is 10.4. The molecule has 0 spiro atoms. The van der Waals surface area contributed by atoms with Gasteiger partial charge in [-0.25, -0.2) is 19.6 Å². The molecule has 0 aromatic rings. The summed E-state index contributed by atoms with van der Waals surface area (Å²) in [4.78, 5) is 19.7. The maximum absolute atomic E-state index is 4.96. The molecule has 4 nitrogen and oxygen atoms in total. The molecule has 0 amide bonds. The molecule has 0 aliphatic carbocycles. The Hall–Kier alpha value is 1.30. The Balaban J connectivity index is 1.84. The maximum atomic E-state index is 4.96. The Morgan fingerprint density at radius 1 is 0.750 bits per heavy atom. The van der Waals surface area contributed by atoms with Gasteiger partial charge in [-0.1, -0.05) is 45.2 Å². The second kappa shape index (κ2) is 4.22. The Morgan fingerprint density at radius 3 is 1.33 bits per heavy atom. The van der Waals surface area contributed by atoms with Gasteiger partial charge in [0.25, 0.3) is 0 Å². The van der Waals surface area contributed by atoms with Crippen LogP contribution in [0.2, 0.25) is 0 Å². The molecule has 2 fully saturated rings. The molecule has 0 radical (unpaired) electrons. The first kappa shape index (κ1) is 9.84. The fourth-order valence-corrected chi connectivity index (χ4v) is 2.45. The van der Waals surface area contributed by atoms with Crippen LogP contribution in [0.25, 0.3) is 0 Å². The van der Waals surface area contributed by atoms with Crippen molar-refractivity contribution in [3.63, 3.8) is 0 Å². The fraction of sp³-hybridized carbons (Fsp3) is 1.00. The average Bonchev–Trinajstić information content (AvgIpc) is 1.97. The normalized spacial score (nSPS) is 46.5. The van der Waals surface area contributed by atoms with E-state index in [1.807, 2.05) is 0 Å². The van der Waals surface area contributed by atoms with E-state index in [1.54, 1.807) is 0 Å². The molecule has 4 atom stereocenters. The Labute approximate surface area is 97.4 Å². The van der Waals surface area contributed by atoms with Gasteiger partial charge in [0, 0.05) is 8.86 Å². The standard InChI is InChI=1S/C6H8I2O4/c7-1-3-5(11-9-3)6-4(2-8)10-12-6/h3-6H,1-2H2/t3-,4-,5-,6+/m0/s1. The van der Waals surface area contributed by atoms with Crippen LogP contribution in [0.15, 0.2) is 0 Å². The van der Waals surface area contributed by atoms with Crippen molar-refractivity contribution in [1.29, 1.82) is 0 Å². The highest BCUT2D eigenvalue weighted by atomic mass is 127. The molecule has 0 saturated carbocycles. The largest absolute Gasteiger partial charge is 0.229 e. The second-order valence-electron chi connectivity index (χ2n) is 2.70. The smallest absolute Gasteiger partial charge is 0.155 e. The van der Waals surface area contributed by atoms with E-state index < -0.39 is 0 Å². The third-order valence-electron chi connectivity index (χ3n) is 1.94. The summed E-state index contributed by atoms with van der Waals surface area (Å²) in [7, 11) is 0. The molecular formula is C6H8I2O4. The molecule has 0 bridgehead atoms. The predicted molar refractivity (Wildman–Crippen MR) is 57.3 cm³/mol. The molecule has 6 heteroatoms. The summed E-state index contributed by atoms with van der Waals surface area (Å²) in [5.74, 6) is 0. The molecule has 2 aliphatic heterocycles. The third kappa shape index (κ3) is 1.61. The molecule has 70 valence electrons. The molecule has 0 aromatic heterocycles. The lowest BCUT2D eigenvalue weighted by molar-refractivity contribution is -0.545. The predicted octanol–water partition coefficient (Wildman–Crippen LogP) is 1.25. The lowest BCUT2D eigenvalue weighted by Crippen LogP contribution is -2.61. The van der Waals surface area contributed by atoms with Crippen LogP contribution in [0.3, 0.4) is 0 Å². The molecule has 12 heavy (non-hydrogen) atoms. The van der Waals surface area contributed by atoms with E-state index in [1.165, 1.54) is 0 Å². The first-order valence-electron chi connectivity index (χ1n) is 3.63. The van der Waals surface area contributed by atoms with E-state index >= 15 is 0 Å². The van der Waals surface area contributed by atoms with Gasteiger partial charge in [0.15, 0.2) is 12.2 Å². The summed E-state index contributed by atoms with van der Waals surface area (Å²) in [6.07, 6.45) is 0.473. The van der Waals surface area contributed by atoms with Gasteiger partial charge in [0.05, 0.1) is 0 Å². The van der Waals surface area contributed by atoms with Gasteiger partial charge in [-0.3, -0.25) is 0 Å². The van der Waals surface area contributed by atoms with Crippen LogP contribution in [0.1, 0.15) is 0 Å². The van der Waals surface area contributed by atoms with Crippen molar-refractivity contribution in [2.45, 2.75) is 24.4 Å². The van der Waals surface area contributed by atoms with Crippen molar-refractivity contribution in [1.82, 2.24) is 0 Å². The van der Waals surface area contributed by atoms with Crippen LogP contribution in [0.4, 0.5) is 0 Å². The Bertz CT molecular complexity index is 146. The van der Waals surface area contributed by atoms with Crippen LogP contribution in [-0.4, -0.2) is 33.3 Å². The fourth-order valence-electron chi connectivity index (χ4n) is 1.16. The lowest BCUT2D eigenvalue weighted by Gasteiger charge is -2.44. The molecule has 2 saturated heterocycles. The second-order valence-corrected chi connectivity index (χ2v) is 4.46. The van der Waals surface area contributed by atoms with Crippen molar-refractivity contribution < 1.29 is 19.6 Å². The van der Waals surface area contributed by atoms with Crippen molar-refractivity contribution in [2.24, 2.45) is 0 Å². The number of hydrogen-bond donors (Lipinski definition) is 0. The first-order chi connectivity index (χ1) is 5.86. The van der Waals surface area contributed by atoms with Gasteiger partial charge in [-0.15, -0.1) is 0 Å². The SMILES string of the molecule is IC[C@@H]1OO[C@@H]1[C@@H]1OO[C@H]1CI. The summed E-state index contributed by atoms with van der Waals surface area (Å²) in [5.41, 5.74) is 0. The quantitative estimate of drug-likeness (QED) is 0.408. The summed E-state index contributed by atoms with van der Waals surface area (Å²) in [6.45, 7) is 0. The molecule has 2 aliphatic rings. The number of rotatable bonds is 3. The molecule has 0 aromatic carbocycles. The zero-order valence-electron chi connectivity index (χ0n) is 6.11. The average molecular weight is 398 g/mol. The van der Waals surface area contributed by atoms with Crippen LogP contribution in [0, 0.1) is 0 Å². The number of halogens is 2. The number of alkyl halides is 2. The molecule has 2 heterocycles. The monoisotopic (exact) mass is 398 g/mol. The van der Waals surface area contributed by atoms with Crippen molar-refractivity contribution in [2.75, 3.05) is 8.86 Å². The molecule has 0 unspecified atom stereocenters. The highest BCUT2D eigenvalue weighted by Gasteiger charge is 2.50. The minimum Gasteiger partial charge on any atom is -0.229 e. The Kier molecular flexibility index (Phi) is 3.46. The molecular weight excluding hydrogens is 390 g/mol. The van der Waals surface area contributed by atoms with E-state index in [0.29, 0.717) is 0 Å². The maximum Gasteiger partial charge on any atom is 0.155 e. The van der Waals surface area contributed by atoms with E-state index in [9.17, 15) is 0 Å². The van der Waals surface area contributed by atoms with E-state index in [4.69, 9.17) is 19.6 Å². The summed E-state index contributed by atoms with van der Waals surface area (Å²) < 4.78 is 1.85. The van der Waals surface area contributed by atoms with Crippen LogP contribution in [0.5, 0.6) is 0 Å². The molecule has 2 rings (SSSR count). The third-order valence-corrected chi connectivity index (χ3v) is 3.68. The van der Waals surface area contributed by atoms with Gasteiger partial charge < -0.3 is 0 Å². The van der Waals surface area contributed by atoms with E-state index in [0.717, 1.165) is 8.86 Å². The summed E-state index contributed by atoms with van der Waals surface area (Å²) in [6, 6.07) is 0. The minimum atomic E-state index is 0.0652. The molecule has 0 N–H and O–H groups in total. The van der Waals surface area contributed by atoms with Gasteiger partial charge in [0.1, 0.15) is 12.2 Å². The van der Waals surface area contributed by atoms with Crippen molar-refractivity contribution >= 4 is 45.2 Å². The van der Waals surface area contributed by atoms with Gasteiger partial charge >= 0.3 is 0 Å². The lowest BCUT2D eigenvalue weighted by atomic mass is 10.0. The van der Waals surface area contributed by atoms with Crippen LogP contribution < -0.4 is 0 Å². The van der Waals surface area contributed by atoms with Crippen molar-refractivity contribution in [3.8, 4) is 0 Å². The van der Waals surface area contributed by atoms with Crippen LogP contribution >= 0.6 is 45.2 Å². The topological polar surface area (TPSA) is 36.9 Å². The first-order valence-corrected chi connectivity index (χ1v) is 6.68. The van der Waals surface area contributed by atoms with Gasteiger partial charge in [0.2, 0.25) is 0 Å². The summed E-state index contributed by atoms with van der Waals surface area (Å²) >= 11 is 4.54. The van der Waals surface area contributed by atoms with E-state index in [-0.39, 0.29) is 24.4 Å². The number of hydrogen-bond acceptors (Lipinski definition) is 4. The highest BCUT2D eigenvalue weighted by molar-refractivity contribution is 14.1. The van der Waals surface area contributed by atoms with Crippen molar-refractivity contribution in [3.05, 3.63) is 0 Å². The van der Waals surface area contributed by atoms with Gasteiger partial charge in [-0.05, 0) is 0 Å². The van der Waals surface area contributed by atoms with Gasteiger partial charge in [-0.2, -0.15) is 0 Å². The summed E-state index contributed by atoms with van der Waals surface area (Å²) in [5, 5.41) is 0. The van der Waals surface area contributed by atoms with Crippen LogP contribution in [-0.2, 0) is 19.6 Å². The van der Waals surface area contributed by atoms with E-state index in [2.05, 4.69) is 45.2 Å². The zero-order chi connectivity index (χ0) is 8.55.